The van der Waals surface area contributed by atoms with Crippen LogP contribution < -0.4 is 0 Å². The van der Waals surface area contributed by atoms with Crippen molar-refractivity contribution >= 4 is 17.9 Å². The lowest BCUT2D eigenvalue weighted by molar-refractivity contribution is -0.167. The standard InChI is InChI=1S/C55H92O6/c1-4-7-10-13-16-19-21-23-25-26-27-28-30-31-33-36-39-42-45-48-54(57)60-51-52(50-59-53(56)47-44-41-38-35-18-15-12-9-6-3)61-55(58)49-46-43-40-37-34-32-29-24-22-20-17-14-11-8-5-2/h8,11,16-17,19-20,23-25,27-29,34,37,52H,4-7,9-10,12-15,18,21-22,26,30-33,35-36,38-51H2,1-3H3/b11-8-,19-16-,20-17-,25-23-,28-27-,29-24-,37-34-/t52-/m1/s1. The van der Waals surface area contributed by atoms with E-state index < -0.39 is 6.10 Å². The Kier molecular flexibility index (Phi) is 46.5. The second-order valence-electron chi connectivity index (χ2n) is 16.3. The SMILES string of the molecule is CC/C=C\C/C=C\C/C=C\C/C=C\CCCCC(=O)O[C@@H](COC(=O)CCCCCCCC/C=C\C/C=C\C/C=C\CCCCC)COC(=O)CCCCCCCCCCC. The zero-order valence-corrected chi connectivity index (χ0v) is 39.7. The summed E-state index contributed by atoms with van der Waals surface area (Å²) in [5, 5.41) is 0. The monoisotopic (exact) mass is 849 g/mol. The van der Waals surface area contributed by atoms with Crippen molar-refractivity contribution in [2.75, 3.05) is 13.2 Å². The molecule has 0 bridgehead atoms. The van der Waals surface area contributed by atoms with Crippen LogP contribution in [-0.4, -0.2) is 37.2 Å². The minimum atomic E-state index is -0.801. The van der Waals surface area contributed by atoms with Gasteiger partial charge in [0.05, 0.1) is 0 Å². The summed E-state index contributed by atoms with van der Waals surface area (Å²) in [6.45, 7) is 6.42. The lowest BCUT2D eigenvalue weighted by Crippen LogP contribution is -2.30. The molecule has 0 aliphatic carbocycles. The van der Waals surface area contributed by atoms with Gasteiger partial charge in [0.15, 0.2) is 6.10 Å². The number of carbonyl (C=O) groups excluding carboxylic acids is 3. The number of hydrogen-bond acceptors (Lipinski definition) is 6. The lowest BCUT2D eigenvalue weighted by Gasteiger charge is -2.18. The van der Waals surface area contributed by atoms with Crippen LogP contribution in [0.15, 0.2) is 85.1 Å². The summed E-state index contributed by atoms with van der Waals surface area (Å²) in [6, 6.07) is 0. The molecule has 0 amide bonds. The minimum Gasteiger partial charge on any atom is -0.462 e. The summed E-state index contributed by atoms with van der Waals surface area (Å²) in [7, 11) is 0. The molecule has 0 saturated heterocycles. The molecule has 1 atom stereocenters. The van der Waals surface area contributed by atoms with E-state index in [1.54, 1.807) is 0 Å². The molecular weight excluding hydrogens is 757 g/mol. The summed E-state index contributed by atoms with van der Waals surface area (Å²) in [5.41, 5.74) is 0. The second kappa shape index (κ2) is 49.2. The molecule has 0 radical (unpaired) electrons. The lowest BCUT2D eigenvalue weighted by atomic mass is 10.1. The van der Waals surface area contributed by atoms with Gasteiger partial charge in [-0.05, 0) is 96.3 Å². The van der Waals surface area contributed by atoms with E-state index in [2.05, 4.69) is 106 Å². The highest BCUT2D eigenvalue weighted by Crippen LogP contribution is 2.13. The van der Waals surface area contributed by atoms with Crippen LogP contribution in [0.3, 0.4) is 0 Å². The third kappa shape index (κ3) is 47.5. The maximum atomic E-state index is 12.7. The van der Waals surface area contributed by atoms with Crippen molar-refractivity contribution in [3.8, 4) is 0 Å². The van der Waals surface area contributed by atoms with Crippen LogP contribution in [-0.2, 0) is 28.6 Å². The van der Waals surface area contributed by atoms with Gasteiger partial charge in [0, 0.05) is 19.3 Å². The molecule has 0 saturated carbocycles. The molecule has 0 aromatic carbocycles. The van der Waals surface area contributed by atoms with Crippen LogP contribution in [0.5, 0.6) is 0 Å². The first-order valence-electron chi connectivity index (χ1n) is 25.1. The molecule has 0 unspecified atom stereocenters. The highest BCUT2D eigenvalue weighted by molar-refractivity contribution is 5.71. The van der Waals surface area contributed by atoms with Gasteiger partial charge in [-0.1, -0.05) is 196 Å². The van der Waals surface area contributed by atoms with Crippen molar-refractivity contribution in [1.82, 2.24) is 0 Å². The van der Waals surface area contributed by atoms with Crippen LogP contribution in [0.4, 0.5) is 0 Å². The number of carbonyl (C=O) groups is 3. The molecule has 0 aliphatic heterocycles. The molecule has 0 spiro atoms. The molecular formula is C55H92O6. The first-order valence-corrected chi connectivity index (χ1v) is 25.1. The topological polar surface area (TPSA) is 78.9 Å². The fraction of sp³-hybridized carbons (Fsp3) is 0.691. The van der Waals surface area contributed by atoms with E-state index in [1.807, 2.05) is 0 Å². The molecule has 0 fully saturated rings. The predicted octanol–water partition coefficient (Wildman–Crippen LogP) is 16.4. The maximum absolute atomic E-state index is 12.7. The first-order chi connectivity index (χ1) is 30.0. The smallest absolute Gasteiger partial charge is 0.306 e. The largest absolute Gasteiger partial charge is 0.462 e. The third-order valence-corrected chi connectivity index (χ3v) is 10.4. The maximum Gasteiger partial charge on any atom is 0.306 e. The molecule has 6 heteroatoms. The van der Waals surface area contributed by atoms with Gasteiger partial charge < -0.3 is 14.2 Å². The summed E-state index contributed by atoms with van der Waals surface area (Å²) >= 11 is 0. The number of unbranched alkanes of at least 4 members (excludes halogenated alkanes) is 19. The second-order valence-corrected chi connectivity index (χ2v) is 16.3. The van der Waals surface area contributed by atoms with Gasteiger partial charge in [0.1, 0.15) is 13.2 Å². The summed E-state index contributed by atoms with van der Waals surface area (Å²) in [5.74, 6) is -0.958. The van der Waals surface area contributed by atoms with Crippen molar-refractivity contribution in [1.29, 1.82) is 0 Å². The normalized spacial score (nSPS) is 12.8. The highest BCUT2D eigenvalue weighted by Gasteiger charge is 2.19. The molecule has 0 heterocycles. The fourth-order valence-electron chi connectivity index (χ4n) is 6.61. The first kappa shape index (κ1) is 57.6. The van der Waals surface area contributed by atoms with Gasteiger partial charge in [0.25, 0.3) is 0 Å². The van der Waals surface area contributed by atoms with Crippen molar-refractivity contribution in [2.24, 2.45) is 0 Å². The van der Waals surface area contributed by atoms with Gasteiger partial charge in [0.2, 0.25) is 0 Å². The number of allylic oxidation sites excluding steroid dienone is 14. The highest BCUT2D eigenvalue weighted by atomic mass is 16.6. The Morgan fingerprint density at radius 2 is 0.639 bits per heavy atom. The predicted molar refractivity (Wildman–Crippen MR) is 261 cm³/mol. The molecule has 0 aromatic rings. The zero-order chi connectivity index (χ0) is 44.4. The van der Waals surface area contributed by atoms with E-state index in [0.717, 1.165) is 96.3 Å². The Bertz CT molecular complexity index is 1200. The van der Waals surface area contributed by atoms with Crippen molar-refractivity contribution < 1.29 is 28.6 Å². The number of ether oxygens (including phenoxy) is 3. The van der Waals surface area contributed by atoms with E-state index in [0.29, 0.717) is 19.3 Å². The quantitative estimate of drug-likeness (QED) is 0.0263. The van der Waals surface area contributed by atoms with E-state index >= 15 is 0 Å². The van der Waals surface area contributed by atoms with Crippen LogP contribution >= 0.6 is 0 Å². The third-order valence-electron chi connectivity index (χ3n) is 10.4. The van der Waals surface area contributed by atoms with Crippen LogP contribution in [0, 0.1) is 0 Å². The molecule has 0 aliphatic rings. The Morgan fingerprint density at radius 1 is 0.344 bits per heavy atom. The Labute approximate surface area is 375 Å². The zero-order valence-electron chi connectivity index (χ0n) is 39.7. The molecule has 61 heavy (non-hydrogen) atoms. The average Bonchev–Trinajstić information content (AvgIpc) is 3.26. The number of hydrogen-bond donors (Lipinski definition) is 0. The fourth-order valence-corrected chi connectivity index (χ4v) is 6.61. The van der Waals surface area contributed by atoms with E-state index in [1.165, 1.54) is 83.5 Å². The average molecular weight is 849 g/mol. The summed E-state index contributed by atoms with van der Waals surface area (Å²) < 4.78 is 16.7. The van der Waals surface area contributed by atoms with Crippen LogP contribution in [0.25, 0.3) is 0 Å². The van der Waals surface area contributed by atoms with Crippen molar-refractivity contribution in [3.63, 3.8) is 0 Å². The Morgan fingerprint density at radius 3 is 1.07 bits per heavy atom. The van der Waals surface area contributed by atoms with Gasteiger partial charge in [-0.2, -0.15) is 0 Å². The molecule has 0 rings (SSSR count). The van der Waals surface area contributed by atoms with Crippen molar-refractivity contribution in [2.45, 2.75) is 232 Å². The van der Waals surface area contributed by atoms with Gasteiger partial charge in [-0.15, -0.1) is 0 Å². The molecule has 348 valence electrons. The van der Waals surface area contributed by atoms with Crippen LogP contribution in [0.2, 0.25) is 0 Å². The van der Waals surface area contributed by atoms with E-state index in [-0.39, 0.29) is 37.5 Å². The van der Waals surface area contributed by atoms with Gasteiger partial charge in [-0.3, -0.25) is 14.4 Å². The summed E-state index contributed by atoms with van der Waals surface area (Å²) in [6.07, 6.45) is 62.8. The minimum absolute atomic E-state index is 0.0972. The Balaban J connectivity index is 4.42. The van der Waals surface area contributed by atoms with E-state index in [9.17, 15) is 14.4 Å². The number of rotatable bonds is 44. The van der Waals surface area contributed by atoms with Crippen molar-refractivity contribution in [3.05, 3.63) is 85.1 Å². The van der Waals surface area contributed by atoms with Gasteiger partial charge in [-0.25, -0.2) is 0 Å². The molecule has 0 N–H and O–H groups in total. The molecule has 0 aromatic heterocycles. The van der Waals surface area contributed by atoms with Gasteiger partial charge >= 0.3 is 17.9 Å². The number of esters is 3. The van der Waals surface area contributed by atoms with Crippen LogP contribution in [0.1, 0.15) is 226 Å². The van der Waals surface area contributed by atoms with E-state index in [4.69, 9.17) is 14.2 Å². The Hall–Kier alpha value is -3.41. The molecule has 6 nitrogen and oxygen atoms in total. The summed E-state index contributed by atoms with van der Waals surface area (Å²) in [4.78, 5) is 37.8.